The van der Waals surface area contributed by atoms with E-state index in [1.54, 1.807) is 29.6 Å². The fourth-order valence-corrected chi connectivity index (χ4v) is 2.22. The number of aromatic nitrogens is 1. The molecule has 1 aromatic heterocycles. The second-order valence-corrected chi connectivity index (χ2v) is 4.97. The predicted octanol–water partition coefficient (Wildman–Crippen LogP) is 1.99. The third-order valence-electron chi connectivity index (χ3n) is 2.63. The second-order valence-electron chi connectivity index (χ2n) is 4.08. The molecule has 7 heteroatoms. The molecule has 2 aromatic rings. The van der Waals surface area contributed by atoms with Gasteiger partial charge in [0.1, 0.15) is 5.69 Å². The van der Waals surface area contributed by atoms with Crippen molar-refractivity contribution in [2.75, 3.05) is 11.1 Å². The van der Waals surface area contributed by atoms with Gasteiger partial charge in [-0.15, -0.1) is 11.3 Å². The maximum atomic E-state index is 12.0. The number of rotatable bonds is 5. The first-order valence-corrected chi connectivity index (χ1v) is 6.76. The van der Waals surface area contributed by atoms with Gasteiger partial charge in [0.25, 0.3) is 5.91 Å². The van der Waals surface area contributed by atoms with E-state index in [0.29, 0.717) is 17.2 Å². The second kappa shape index (κ2) is 6.16. The van der Waals surface area contributed by atoms with Crippen molar-refractivity contribution >= 4 is 34.0 Å². The zero-order valence-corrected chi connectivity index (χ0v) is 11.3. The molecule has 0 aliphatic carbocycles. The molecule has 104 valence electrons. The molecule has 20 heavy (non-hydrogen) atoms. The number of hydrogen-bond donors (Lipinski definition) is 3. The molecule has 1 amide bonds. The fraction of sp³-hybridized carbons (Fsp3) is 0.154. The van der Waals surface area contributed by atoms with Crippen LogP contribution in [0.4, 0.5) is 10.8 Å². The van der Waals surface area contributed by atoms with Crippen LogP contribution in [0.2, 0.25) is 0 Å². The van der Waals surface area contributed by atoms with Crippen molar-refractivity contribution in [1.29, 1.82) is 0 Å². The highest BCUT2D eigenvalue weighted by Crippen LogP contribution is 2.19. The number of benzene rings is 1. The predicted molar refractivity (Wildman–Crippen MR) is 76.9 cm³/mol. The van der Waals surface area contributed by atoms with Gasteiger partial charge in [0.2, 0.25) is 0 Å². The molecular formula is C13H13N3O3S. The normalized spacial score (nSPS) is 10.2. The van der Waals surface area contributed by atoms with Crippen LogP contribution >= 0.6 is 11.3 Å². The zero-order valence-electron chi connectivity index (χ0n) is 10.5. The molecule has 0 aliphatic rings. The summed E-state index contributed by atoms with van der Waals surface area (Å²) in [7, 11) is 0. The molecule has 0 radical (unpaired) electrons. The van der Waals surface area contributed by atoms with Gasteiger partial charge in [0.15, 0.2) is 5.13 Å². The average molecular weight is 291 g/mol. The Hall–Kier alpha value is -2.41. The number of carboxylic acid groups (broad SMARTS) is 1. The molecule has 0 aliphatic heterocycles. The lowest BCUT2D eigenvalue weighted by Crippen LogP contribution is -2.14. The minimum absolute atomic E-state index is 0.0104. The maximum Gasteiger partial charge on any atom is 0.303 e. The minimum atomic E-state index is -0.876. The van der Waals surface area contributed by atoms with E-state index in [4.69, 9.17) is 10.8 Å². The lowest BCUT2D eigenvalue weighted by Gasteiger charge is -2.09. The summed E-state index contributed by atoms with van der Waals surface area (Å²) in [5.41, 5.74) is 7.09. The minimum Gasteiger partial charge on any atom is -0.481 e. The number of carboxylic acids is 1. The summed E-state index contributed by atoms with van der Waals surface area (Å²) in [6.07, 6.45) is 0.363. The number of nitrogens with one attached hydrogen (secondary N) is 1. The van der Waals surface area contributed by atoms with Gasteiger partial charge >= 0.3 is 5.97 Å². The van der Waals surface area contributed by atoms with Crippen LogP contribution in [0.5, 0.6) is 0 Å². The van der Waals surface area contributed by atoms with Gasteiger partial charge in [0, 0.05) is 17.5 Å². The summed E-state index contributed by atoms with van der Waals surface area (Å²) < 4.78 is 0. The highest BCUT2D eigenvalue weighted by atomic mass is 32.1. The number of aryl methyl sites for hydroxylation is 1. The standard InChI is InChI=1S/C13H13N3O3S/c14-13-16-10(7-20-13)12(19)15-9-4-2-1-3-8(9)5-6-11(17)18/h1-4,7H,5-6H2,(H2,14,16)(H,15,19)(H,17,18). The van der Waals surface area contributed by atoms with Crippen molar-refractivity contribution in [3.63, 3.8) is 0 Å². The Labute approximate surface area is 119 Å². The molecule has 0 atom stereocenters. The molecule has 0 saturated carbocycles. The Balaban J connectivity index is 2.12. The highest BCUT2D eigenvalue weighted by molar-refractivity contribution is 7.13. The summed E-state index contributed by atoms with van der Waals surface area (Å²) in [5.74, 6) is -1.24. The number of nitrogens with zero attached hydrogens (tertiary/aromatic N) is 1. The van der Waals surface area contributed by atoms with Gasteiger partial charge in [0.05, 0.1) is 0 Å². The van der Waals surface area contributed by atoms with Gasteiger partial charge in [-0.3, -0.25) is 9.59 Å². The largest absolute Gasteiger partial charge is 0.481 e. The topological polar surface area (TPSA) is 105 Å². The van der Waals surface area contributed by atoms with E-state index < -0.39 is 5.97 Å². The number of thiazole rings is 1. The van der Waals surface area contributed by atoms with E-state index in [1.807, 2.05) is 0 Å². The quantitative estimate of drug-likeness (QED) is 0.781. The highest BCUT2D eigenvalue weighted by Gasteiger charge is 2.12. The van der Waals surface area contributed by atoms with Gasteiger partial charge in [-0.2, -0.15) is 0 Å². The summed E-state index contributed by atoms with van der Waals surface area (Å²) in [6, 6.07) is 7.09. The Morgan fingerprint density at radius 1 is 1.35 bits per heavy atom. The molecule has 6 nitrogen and oxygen atoms in total. The van der Waals surface area contributed by atoms with Gasteiger partial charge in [-0.25, -0.2) is 4.98 Å². The van der Waals surface area contributed by atoms with Crippen molar-refractivity contribution in [3.8, 4) is 0 Å². The summed E-state index contributed by atoms with van der Waals surface area (Å²) in [5, 5.41) is 13.3. The molecule has 4 N–H and O–H groups in total. The lowest BCUT2D eigenvalue weighted by molar-refractivity contribution is -0.136. The van der Waals surface area contributed by atoms with Crippen LogP contribution in [0, 0.1) is 0 Å². The zero-order chi connectivity index (χ0) is 14.5. The number of carbonyl (C=O) groups is 2. The number of para-hydroxylation sites is 1. The Morgan fingerprint density at radius 3 is 2.75 bits per heavy atom. The summed E-state index contributed by atoms with van der Waals surface area (Å²) in [6.45, 7) is 0. The number of hydrogen-bond acceptors (Lipinski definition) is 5. The van der Waals surface area contributed by atoms with Gasteiger partial charge in [-0.05, 0) is 18.1 Å². The Kier molecular flexibility index (Phi) is 4.31. The van der Waals surface area contributed by atoms with Gasteiger partial charge < -0.3 is 16.2 Å². The van der Waals surface area contributed by atoms with Crippen molar-refractivity contribution < 1.29 is 14.7 Å². The Bertz CT molecular complexity index is 639. The van der Waals surface area contributed by atoms with Crippen LogP contribution in [0.15, 0.2) is 29.6 Å². The third-order valence-corrected chi connectivity index (χ3v) is 3.30. The van der Waals surface area contributed by atoms with Crippen LogP contribution in [0.25, 0.3) is 0 Å². The molecule has 2 rings (SSSR count). The molecule has 1 aromatic carbocycles. The molecular weight excluding hydrogens is 278 g/mol. The van der Waals surface area contributed by atoms with Crippen molar-refractivity contribution in [1.82, 2.24) is 4.98 Å². The van der Waals surface area contributed by atoms with E-state index in [1.165, 1.54) is 11.3 Å². The van der Waals surface area contributed by atoms with Crippen molar-refractivity contribution in [2.45, 2.75) is 12.8 Å². The van der Waals surface area contributed by atoms with Crippen LogP contribution < -0.4 is 11.1 Å². The van der Waals surface area contributed by atoms with Crippen molar-refractivity contribution in [2.24, 2.45) is 0 Å². The van der Waals surface area contributed by atoms with Crippen molar-refractivity contribution in [3.05, 3.63) is 40.9 Å². The van der Waals surface area contributed by atoms with Crippen LogP contribution in [-0.2, 0) is 11.2 Å². The van der Waals surface area contributed by atoms with E-state index in [2.05, 4.69) is 10.3 Å². The van der Waals surface area contributed by atoms with Crippen LogP contribution in [-0.4, -0.2) is 22.0 Å². The number of carbonyl (C=O) groups excluding carboxylic acids is 1. The first-order chi connectivity index (χ1) is 9.56. The first kappa shape index (κ1) is 14.0. The third kappa shape index (κ3) is 3.55. The van der Waals surface area contributed by atoms with E-state index in [0.717, 1.165) is 5.56 Å². The number of aliphatic carboxylic acids is 1. The number of amides is 1. The molecule has 1 heterocycles. The molecule has 0 saturated heterocycles. The number of nitrogen functional groups attached to an aromatic ring is 1. The van der Waals surface area contributed by atoms with E-state index in [-0.39, 0.29) is 18.0 Å². The molecule has 0 unspecified atom stereocenters. The number of nitrogens with two attached hydrogens (primary N) is 1. The first-order valence-electron chi connectivity index (χ1n) is 5.88. The van der Waals surface area contributed by atoms with Crippen LogP contribution in [0.3, 0.4) is 0 Å². The number of anilines is 2. The van der Waals surface area contributed by atoms with E-state index >= 15 is 0 Å². The molecule has 0 bridgehead atoms. The molecule has 0 spiro atoms. The average Bonchev–Trinajstić information content (AvgIpc) is 2.84. The van der Waals surface area contributed by atoms with Crippen LogP contribution in [0.1, 0.15) is 22.5 Å². The maximum absolute atomic E-state index is 12.0. The van der Waals surface area contributed by atoms with Gasteiger partial charge in [-0.1, -0.05) is 18.2 Å². The molecule has 0 fully saturated rings. The smallest absolute Gasteiger partial charge is 0.303 e. The fourth-order valence-electron chi connectivity index (χ4n) is 1.68. The Morgan fingerprint density at radius 2 is 2.10 bits per heavy atom. The monoisotopic (exact) mass is 291 g/mol. The SMILES string of the molecule is Nc1nc(C(=O)Nc2ccccc2CCC(=O)O)cs1. The summed E-state index contributed by atoms with van der Waals surface area (Å²) in [4.78, 5) is 26.5. The lowest BCUT2D eigenvalue weighted by atomic mass is 10.1. The summed E-state index contributed by atoms with van der Waals surface area (Å²) >= 11 is 1.19. The van der Waals surface area contributed by atoms with E-state index in [9.17, 15) is 9.59 Å².